The number of rotatable bonds is 6. The average Bonchev–Trinajstić information content (AvgIpc) is 2.33. The van der Waals surface area contributed by atoms with Crippen molar-refractivity contribution in [2.75, 3.05) is 13.7 Å². The van der Waals surface area contributed by atoms with E-state index in [1.807, 2.05) is 12.1 Å². The molecule has 0 aliphatic heterocycles. The Morgan fingerprint density at radius 1 is 1.11 bits per heavy atom. The fraction of sp³-hybridized carbons (Fsp3) is 0.647. The summed E-state index contributed by atoms with van der Waals surface area (Å²) in [5, 5.41) is 3.62. The molecule has 0 spiro atoms. The highest BCUT2D eigenvalue weighted by molar-refractivity contribution is 5.27. The van der Waals surface area contributed by atoms with Gasteiger partial charge in [0, 0.05) is 5.54 Å². The third-order valence-electron chi connectivity index (χ3n) is 3.49. The molecule has 0 saturated carbocycles. The molecule has 0 heterocycles. The summed E-state index contributed by atoms with van der Waals surface area (Å²) in [6.45, 7) is 12.3. The third kappa shape index (κ3) is 6.11. The number of hydrogen-bond acceptors (Lipinski definition) is 2. The van der Waals surface area contributed by atoms with Crippen LogP contribution in [-0.4, -0.2) is 19.2 Å². The third-order valence-corrected chi connectivity index (χ3v) is 3.49. The maximum atomic E-state index is 5.20. The summed E-state index contributed by atoms with van der Waals surface area (Å²) >= 11 is 0. The van der Waals surface area contributed by atoms with Gasteiger partial charge in [-0.05, 0) is 63.3 Å². The van der Waals surface area contributed by atoms with Gasteiger partial charge in [0.1, 0.15) is 5.75 Å². The Balaban J connectivity index is 2.62. The van der Waals surface area contributed by atoms with Crippen LogP contribution >= 0.6 is 0 Å². The molecule has 108 valence electrons. The van der Waals surface area contributed by atoms with E-state index >= 15 is 0 Å². The molecular formula is C17H29NO. The lowest BCUT2D eigenvalue weighted by Gasteiger charge is -2.27. The van der Waals surface area contributed by atoms with Crippen molar-refractivity contribution in [2.24, 2.45) is 11.8 Å². The average molecular weight is 263 g/mol. The maximum Gasteiger partial charge on any atom is 0.118 e. The first-order valence-electron chi connectivity index (χ1n) is 7.20. The van der Waals surface area contributed by atoms with E-state index in [4.69, 9.17) is 4.74 Å². The number of ether oxygens (including phenoxy) is 1. The molecule has 1 aromatic carbocycles. The van der Waals surface area contributed by atoms with E-state index in [9.17, 15) is 0 Å². The van der Waals surface area contributed by atoms with Crippen LogP contribution in [0.4, 0.5) is 0 Å². The fourth-order valence-corrected chi connectivity index (χ4v) is 2.05. The predicted octanol–water partition coefficient (Wildman–Crippen LogP) is 3.90. The molecule has 2 heteroatoms. The highest BCUT2D eigenvalue weighted by atomic mass is 16.5. The summed E-state index contributed by atoms with van der Waals surface area (Å²) < 4.78 is 5.20. The molecule has 1 unspecified atom stereocenters. The van der Waals surface area contributed by atoms with Gasteiger partial charge in [-0.1, -0.05) is 26.0 Å². The lowest BCUT2D eigenvalue weighted by molar-refractivity contribution is 0.312. The second-order valence-corrected chi connectivity index (χ2v) is 6.69. The summed E-state index contributed by atoms with van der Waals surface area (Å²) in [6.07, 6.45) is 1.12. The van der Waals surface area contributed by atoms with E-state index in [0.29, 0.717) is 11.8 Å². The first kappa shape index (κ1) is 16.0. The second-order valence-electron chi connectivity index (χ2n) is 6.69. The van der Waals surface area contributed by atoms with Gasteiger partial charge in [0.05, 0.1) is 7.11 Å². The molecule has 1 rings (SSSR count). The Morgan fingerprint density at radius 2 is 1.68 bits per heavy atom. The number of nitrogens with one attached hydrogen (secondary N) is 1. The topological polar surface area (TPSA) is 21.3 Å². The Labute approximate surface area is 118 Å². The Hall–Kier alpha value is -1.02. The van der Waals surface area contributed by atoms with Gasteiger partial charge in [-0.2, -0.15) is 0 Å². The lowest BCUT2D eigenvalue weighted by Crippen LogP contribution is -2.40. The van der Waals surface area contributed by atoms with Crippen LogP contribution in [0.2, 0.25) is 0 Å². The van der Waals surface area contributed by atoms with Crippen molar-refractivity contribution >= 4 is 0 Å². The van der Waals surface area contributed by atoms with Crippen molar-refractivity contribution in [3.05, 3.63) is 29.8 Å². The zero-order valence-electron chi connectivity index (χ0n) is 13.3. The lowest BCUT2D eigenvalue weighted by atomic mass is 9.88. The van der Waals surface area contributed by atoms with E-state index < -0.39 is 0 Å². The molecule has 0 saturated heterocycles. The first-order chi connectivity index (χ1) is 8.81. The first-order valence-corrected chi connectivity index (χ1v) is 7.20. The zero-order chi connectivity index (χ0) is 14.5. The highest BCUT2D eigenvalue weighted by Gasteiger charge is 2.17. The summed E-state index contributed by atoms with van der Waals surface area (Å²) in [4.78, 5) is 0. The number of methoxy groups -OCH3 is 1. The predicted molar refractivity (Wildman–Crippen MR) is 82.8 cm³/mol. The van der Waals surface area contributed by atoms with Crippen LogP contribution in [0.25, 0.3) is 0 Å². The minimum absolute atomic E-state index is 0.188. The minimum atomic E-state index is 0.188. The zero-order valence-corrected chi connectivity index (χ0v) is 13.3. The van der Waals surface area contributed by atoms with Crippen LogP contribution in [0.3, 0.4) is 0 Å². The largest absolute Gasteiger partial charge is 0.497 e. The molecule has 0 aromatic heterocycles. The molecule has 0 fully saturated rings. The molecule has 1 N–H and O–H groups in total. The van der Waals surface area contributed by atoms with Crippen LogP contribution in [0.1, 0.15) is 40.2 Å². The van der Waals surface area contributed by atoms with Gasteiger partial charge in [0.25, 0.3) is 0 Å². The molecule has 0 amide bonds. The second kappa shape index (κ2) is 6.95. The quantitative estimate of drug-likeness (QED) is 0.840. The molecule has 2 nitrogen and oxygen atoms in total. The van der Waals surface area contributed by atoms with E-state index in [0.717, 1.165) is 18.7 Å². The Bertz CT molecular complexity index is 362. The van der Waals surface area contributed by atoms with Crippen molar-refractivity contribution in [2.45, 2.75) is 46.6 Å². The van der Waals surface area contributed by atoms with E-state index in [-0.39, 0.29) is 5.54 Å². The minimum Gasteiger partial charge on any atom is -0.497 e. The van der Waals surface area contributed by atoms with Crippen molar-refractivity contribution in [3.8, 4) is 5.75 Å². The monoisotopic (exact) mass is 263 g/mol. The molecule has 0 bridgehead atoms. The SMILES string of the molecule is COc1ccc(CC(CNC(C)(C)C)C(C)C)cc1. The van der Waals surface area contributed by atoms with Gasteiger partial charge < -0.3 is 10.1 Å². The van der Waals surface area contributed by atoms with Gasteiger partial charge in [-0.25, -0.2) is 0 Å². The summed E-state index contributed by atoms with van der Waals surface area (Å²) in [6, 6.07) is 8.43. The Morgan fingerprint density at radius 3 is 2.11 bits per heavy atom. The van der Waals surface area contributed by atoms with Crippen LogP contribution in [0, 0.1) is 11.8 Å². The van der Waals surface area contributed by atoms with Crippen LogP contribution in [0.5, 0.6) is 5.75 Å². The van der Waals surface area contributed by atoms with Crippen molar-refractivity contribution in [1.82, 2.24) is 5.32 Å². The van der Waals surface area contributed by atoms with Crippen LogP contribution < -0.4 is 10.1 Å². The maximum absolute atomic E-state index is 5.20. The normalized spacial score (nSPS) is 13.6. The van der Waals surface area contributed by atoms with Crippen molar-refractivity contribution in [1.29, 1.82) is 0 Å². The number of hydrogen-bond donors (Lipinski definition) is 1. The summed E-state index contributed by atoms with van der Waals surface area (Å²) in [5.74, 6) is 2.27. The molecule has 0 aliphatic carbocycles. The summed E-state index contributed by atoms with van der Waals surface area (Å²) in [7, 11) is 1.71. The molecular weight excluding hydrogens is 234 g/mol. The van der Waals surface area contributed by atoms with Gasteiger partial charge in [0.2, 0.25) is 0 Å². The Kier molecular flexibility index (Phi) is 5.86. The van der Waals surface area contributed by atoms with Gasteiger partial charge in [-0.15, -0.1) is 0 Å². The molecule has 1 aromatic rings. The molecule has 19 heavy (non-hydrogen) atoms. The van der Waals surface area contributed by atoms with Crippen LogP contribution in [-0.2, 0) is 6.42 Å². The smallest absolute Gasteiger partial charge is 0.118 e. The van der Waals surface area contributed by atoms with E-state index in [2.05, 4.69) is 52.1 Å². The number of benzene rings is 1. The van der Waals surface area contributed by atoms with Crippen molar-refractivity contribution in [3.63, 3.8) is 0 Å². The van der Waals surface area contributed by atoms with Gasteiger partial charge in [0.15, 0.2) is 0 Å². The molecule has 0 radical (unpaired) electrons. The van der Waals surface area contributed by atoms with Gasteiger partial charge in [-0.3, -0.25) is 0 Å². The molecule has 1 atom stereocenters. The van der Waals surface area contributed by atoms with Crippen LogP contribution in [0.15, 0.2) is 24.3 Å². The van der Waals surface area contributed by atoms with E-state index in [1.165, 1.54) is 5.56 Å². The van der Waals surface area contributed by atoms with Crippen molar-refractivity contribution < 1.29 is 4.74 Å². The fourth-order valence-electron chi connectivity index (χ4n) is 2.05. The molecule has 0 aliphatic rings. The van der Waals surface area contributed by atoms with Gasteiger partial charge >= 0.3 is 0 Å². The van der Waals surface area contributed by atoms with E-state index in [1.54, 1.807) is 7.11 Å². The summed E-state index contributed by atoms with van der Waals surface area (Å²) in [5.41, 5.74) is 1.57. The highest BCUT2D eigenvalue weighted by Crippen LogP contribution is 2.19. The standard InChI is InChI=1S/C17H29NO/c1-13(2)15(12-18-17(3,4)5)11-14-7-9-16(19-6)10-8-14/h7-10,13,15,18H,11-12H2,1-6H3.